The molecule has 1 aliphatic rings. The molecule has 1 aromatic carbocycles. The summed E-state index contributed by atoms with van der Waals surface area (Å²) in [4.78, 5) is 14.0. The van der Waals surface area contributed by atoms with E-state index in [2.05, 4.69) is 6.07 Å². The van der Waals surface area contributed by atoms with Crippen molar-refractivity contribution in [2.75, 3.05) is 6.54 Å². The standard InChI is InChI=1S/C16H17FN2O/c1-12(13-4-2-5-14(17)11-13)10-16(20)19(9-3-8-18)15-6-7-15/h2,4-5,10-11,15H,3,6-7,9H2,1H3/b12-10+. The van der Waals surface area contributed by atoms with Crippen LogP contribution in [-0.4, -0.2) is 23.4 Å². The summed E-state index contributed by atoms with van der Waals surface area (Å²) in [5, 5.41) is 8.64. The Balaban J connectivity index is 2.11. The Morgan fingerprint density at radius 2 is 2.30 bits per heavy atom. The van der Waals surface area contributed by atoms with E-state index in [0.29, 0.717) is 18.5 Å². The molecular formula is C16H17FN2O. The lowest BCUT2D eigenvalue weighted by atomic mass is 10.1. The molecule has 0 saturated heterocycles. The van der Waals surface area contributed by atoms with Crippen molar-refractivity contribution in [3.05, 3.63) is 41.7 Å². The molecule has 1 amide bonds. The van der Waals surface area contributed by atoms with E-state index >= 15 is 0 Å². The van der Waals surface area contributed by atoms with Crippen molar-refractivity contribution >= 4 is 11.5 Å². The molecule has 1 saturated carbocycles. The molecule has 0 radical (unpaired) electrons. The van der Waals surface area contributed by atoms with Gasteiger partial charge in [0.25, 0.3) is 0 Å². The summed E-state index contributed by atoms with van der Waals surface area (Å²) >= 11 is 0. The van der Waals surface area contributed by atoms with Gasteiger partial charge >= 0.3 is 0 Å². The minimum absolute atomic E-state index is 0.0930. The summed E-state index contributed by atoms with van der Waals surface area (Å²) in [6.45, 7) is 2.26. The molecular weight excluding hydrogens is 255 g/mol. The van der Waals surface area contributed by atoms with Gasteiger partial charge in [-0.25, -0.2) is 4.39 Å². The Morgan fingerprint density at radius 1 is 1.55 bits per heavy atom. The summed E-state index contributed by atoms with van der Waals surface area (Å²) < 4.78 is 13.2. The zero-order valence-corrected chi connectivity index (χ0v) is 11.5. The van der Waals surface area contributed by atoms with E-state index in [9.17, 15) is 9.18 Å². The van der Waals surface area contributed by atoms with E-state index < -0.39 is 0 Å². The molecule has 3 nitrogen and oxygen atoms in total. The number of amides is 1. The maximum Gasteiger partial charge on any atom is 0.247 e. The van der Waals surface area contributed by atoms with Crippen LogP contribution in [0.5, 0.6) is 0 Å². The van der Waals surface area contributed by atoms with Crippen molar-refractivity contribution in [1.29, 1.82) is 5.26 Å². The van der Waals surface area contributed by atoms with Crippen LogP contribution in [0.1, 0.15) is 31.7 Å². The highest BCUT2D eigenvalue weighted by atomic mass is 19.1. The van der Waals surface area contributed by atoms with E-state index in [1.807, 2.05) is 0 Å². The third kappa shape index (κ3) is 3.67. The quantitative estimate of drug-likeness (QED) is 0.773. The second kappa shape index (κ2) is 6.33. The molecule has 0 unspecified atom stereocenters. The van der Waals surface area contributed by atoms with Crippen molar-refractivity contribution in [3.8, 4) is 6.07 Å². The fourth-order valence-electron chi connectivity index (χ4n) is 2.11. The first-order valence-electron chi connectivity index (χ1n) is 6.73. The van der Waals surface area contributed by atoms with Crippen molar-refractivity contribution in [1.82, 2.24) is 4.90 Å². The minimum Gasteiger partial charge on any atom is -0.335 e. The first kappa shape index (κ1) is 14.3. The van der Waals surface area contributed by atoms with Crippen LogP contribution in [0.25, 0.3) is 5.57 Å². The molecule has 1 aliphatic carbocycles. The second-order valence-corrected chi connectivity index (χ2v) is 5.01. The largest absolute Gasteiger partial charge is 0.335 e. The number of carbonyl (C=O) groups is 1. The molecule has 0 aromatic heterocycles. The van der Waals surface area contributed by atoms with Gasteiger partial charge in [-0.3, -0.25) is 4.79 Å². The van der Waals surface area contributed by atoms with Gasteiger partial charge < -0.3 is 4.90 Å². The predicted octanol–water partition coefficient (Wildman–Crippen LogP) is 3.13. The summed E-state index contributed by atoms with van der Waals surface area (Å²) in [5.74, 6) is -0.407. The first-order chi connectivity index (χ1) is 9.61. The molecule has 0 atom stereocenters. The number of hydrogen-bond donors (Lipinski definition) is 0. The van der Waals surface area contributed by atoms with Gasteiger partial charge in [0, 0.05) is 18.7 Å². The Morgan fingerprint density at radius 3 is 2.90 bits per heavy atom. The third-order valence-electron chi connectivity index (χ3n) is 3.36. The minimum atomic E-state index is -0.314. The van der Waals surface area contributed by atoms with Crippen molar-refractivity contribution in [2.45, 2.75) is 32.2 Å². The normalized spacial score (nSPS) is 14.8. The number of allylic oxidation sites excluding steroid dienone is 1. The van der Waals surface area contributed by atoms with Gasteiger partial charge in [0.05, 0.1) is 12.5 Å². The van der Waals surface area contributed by atoms with Crippen molar-refractivity contribution in [2.24, 2.45) is 0 Å². The molecule has 2 rings (SSSR count). The second-order valence-electron chi connectivity index (χ2n) is 5.01. The lowest BCUT2D eigenvalue weighted by molar-refractivity contribution is -0.126. The molecule has 4 heteroatoms. The predicted molar refractivity (Wildman–Crippen MR) is 75.0 cm³/mol. The van der Waals surface area contributed by atoms with Gasteiger partial charge in [0.1, 0.15) is 5.82 Å². The van der Waals surface area contributed by atoms with Crippen LogP contribution >= 0.6 is 0 Å². The van der Waals surface area contributed by atoms with E-state index in [0.717, 1.165) is 18.4 Å². The fraction of sp³-hybridized carbons (Fsp3) is 0.375. The molecule has 1 fully saturated rings. The molecule has 104 valence electrons. The van der Waals surface area contributed by atoms with Crippen LogP contribution in [0.15, 0.2) is 30.3 Å². The molecule has 0 spiro atoms. The summed E-state index contributed by atoms with van der Waals surface area (Å²) in [5.41, 5.74) is 1.44. The highest BCUT2D eigenvalue weighted by molar-refractivity contribution is 5.95. The maximum atomic E-state index is 13.2. The van der Waals surface area contributed by atoms with Crippen LogP contribution in [0, 0.1) is 17.1 Å². The molecule has 0 bridgehead atoms. The number of benzene rings is 1. The number of carbonyl (C=O) groups excluding carboxylic acids is 1. The monoisotopic (exact) mass is 272 g/mol. The van der Waals surface area contributed by atoms with Gasteiger partial charge in [0.15, 0.2) is 0 Å². The van der Waals surface area contributed by atoms with Gasteiger partial charge in [-0.05, 0) is 43.0 Å². The summed E-state index contributed by atoms with van der Waals surface area (Å²) in [6, 6.07) is 8.53. The topological polar surface area (TPSA) is 44.1 Å². The Bertz CT molecular complexity index is 570. The zero-order chi connectivity index (χ0) is 14.5. The highest BCUT2D eigenvalue weighted by Gasteiger charge is 2.31. The number of hydrogen-bond acceptors (Lipinski definition) is 2. The van der Waals surface area contributed by atoms with Gasteiger partial charge in [-0.1, -0.05) is 12.1 Å². The lowest BCUT2D eigenvalue weighted by Crippen LogP contribution is -2.32. The van der Waals surface area contributed by atoms with E-state index in [4.69, 9.17) is 5.26 Å². The van der Waals surface area contributed by atoms with Gasteiger partial charge in [-0.15, -0.1) is 0 Å². The van der Waals surface area contributed by atoms with Crippen LogP contribution in [0.2, 0.25) is 0 Å². The SMILES string of the molecule is C/C(=C\C(=O)N(CCC#N)C1CC1)c1cccc(F)c1. The molecule has 0 heterocycles. The molecule has 0 N–H and O–H groups in total. The number of halogens is 1. The van der Waals surface area contributed by atoms with Crippen molar-refractivity contribution < 1.29 is 9.18 Å². The first-order valence-corrected chi connectivity index (χ1v) is 6.73. The highest BCUT2D eigenvalue weighted by Crippen LogP contribution is 2.27. The Labute approximate surface area is 118 Å². The van der Waals surface area contributed by atoms with E-state index in [-0.39, 0.29) is 17.8 Å². The van der Waals surface area contributed by atoms with Gasteiger partial charge in [-0.2, -0.15) is 5.26 Å². The lowest BCUT2D eigenvalue weighted by Gasteiger charge is -2.19. The Hall–Kier alpha value is -2.15. The maximum absolute atomic E-state index is 13.2. The average molecular weight is 272 g/mol. The number of nitriles is 1. The molecule has 0 aliphatic heterocycles. The van der Waals surface area contributed by atoms with Crippen LogP contribution in [0.4, 0.5) is 4.39 Å². The number of rotatable bonds is 5. The summed E-state index contributed by atoms with van der Waals surface area (Å²) in [7, 11) is 0. The van der Waals surface area contributed by atoms with E-state index in [1.54, 1.807) is 24.0 Å². The third-order valence-corrected chi connectivity index (χ3v) is 3.36. The average Bonchev–Trinajstić information content (AvgIpc) is 3.23. The smallest absolute Gasteiger partial charge is 0.247 e. The van der Waals surface area contributed by atoms with Crippen LogP contribution in [-0.2, 0) is 4.79 Å². The van der Waals surface area contributed by atoms with Crippen LogP contribution < -0.4 is 0 Å². The van der Waals surface area contributed by atoms with Crippen molar-refractivity contribution in [3.63, 3.8) is 0 Å². The Kier molecular flexibility index (Phi) is 4.52. The molecule has 1 aromatic rings. The summed E-state index contributed by atoms with van der Waals surface area (Å²) in [6.07, 6.45) is 3.88. The molecule has 20 heavy (non-hydrogen) atoms. The fourth-order valence-corrected chi connectivity index (χ4v) is 2.11. The zero-order valence-electron chi connectivity index (χ0n) is 11.5. The van der Waals surface area contributed by atoms with E-state index in [1.165, 1.54) is 18.2 Å². The number of nitrogens with zero attached hydrogens (tertiary/aromatic N) is 2. The van der Waals surface area contributed by atoms with Gasteiger partial charge in [0.2, 0.25) is 5.91 Å². The van der Waals surface area contributed by atoms with Crippen LogP contribution in [0.3, 0.4) is 0 Å².